The molecule has 4 aromatic rings. The average Bonchev–Trinajstić information content (AvgIpc) is 3.34. The van der Waals surface area contributed by atoms with Gasteiger partial charge in [0.05, 0.1) is 13.7 Å². The summed E-state index contributed by atoms with van der Waals surface area (Å²) in [7, 11) is 1.50. The van der Waals surface area contributed by atoms with Crippen LogP contribution >= 0.6 is 22.6 Å². The van der Waals surface area contributed by atoms with E-state index in [1.54, 1.807) is 25.1 Å². The Morgan fingerprint density at radius 1 is 1.02 bits per heavy atom. The van der Waals surface area contributed by atoms with Crippen molar-refractivity contribution in [3.05, 3.63) is 105 Å². The van der Waals surface area contributed by atoms with Gasteiger partial charge in [-0.3, -0.25) is 14.4 Å². The first kappa shape index (κ1) is 31.0. The molecule has 0 bridgehead atoms. The Hall–Kier alpha value is -3.90. The standard InChI is InChI=1S/C32H29F2IN2O5/c1-18-11-26-25(7-9-29(41-3)32(26)42-18)27(38)8-10-30(40)37-31(19(2)21-13-22(33)15-23(34)14-21)28(39)17-36-16-20-5-4-6-24(35)12-20/h4-7,9,11-15,31,36H,2,8,10,16-17H2,1,3H3,(H,37,40). The Morgan fingerprint density at radius 3 is 2.45 bits per heavy atom. The number of hydrogen-bond acceptors (Lipinski definition) is 6. The van der Waals surface area contributed by atoms with Crippen molar-refractivity contribution in [1.82, 2.24) is 10.6 Å². The number of aryl methyl sites for hydroxylation is 1. The zero-order valence-corrected chi connectivity index (χ0v) is 25.2. The monoisotopic (exact) mass is 686 g/mol. The van der Waals surface area contributed by atoms with Gasteiger partial charge in [-0.1, -0.05) is 18.7 Å². The Bertz CT molecular complexity index is 1650. The number of ether oxygens (including phenoxy) is 1. The summed E-state index contributed by atoms with van der Waals surface area (Å²) in [5, 5.41) is 6.23. The second-order valence-corrected chi connectivity index (χ2v) is 11.0. The summed E-state index contributed by atoms with van der Waals surface area (Å²) in [5.74, 6) is -1.95. The van der Waals surface area contributed by atoms with Crippen molar-refractivity contribution >= 4 is 56.6 Å². The van der Waals surface area contributed by atoms with Crippen molar-refractivity contribution in [1.29, 1.82) is 0 Å². The van der Waals surface area contributed by atoms with E-state index in [0.717, 1.165) is 21.3 Å². The Balaban J connectivity index is 1.46. The maximum Gasteiger partial charge on any atom is 0.221 e. The van der Waals surface area contributed by atoms with Crippen LogP contribution in [0.15, 0.2) is 71.7 Å². The number of methoxy groups -OCH3 is 1. The van der Waals surface area contributed by atoms with Crippen LogP contribution in [0.3, 0.4) is 0 Å². The molecule has 0 spiro atoms. The first-order chi connectivity index (χ1) is 20.0. The molecule has 1 aromatic heterocycles. The number of carbonyl (C=O) groups excluding carboxylic acids is 3. The van der Waals surface area contributed by atoms with Crippen molar-refractivity contribution in [3.63, 3.8) is 0 Å². The van der Waals surface area contributed by atoms with E-state index in [1.165, 1.54) is 7.11 Å². The highest BCUT2D eigenvalue weighted by Crippen LogP contribution is 2.32. The fraction of sp³-hybridized carbons (Fsp3) is 0.219. The van der Waals surface area contributed by atoms with Gasteiger partial charge in [0.25, 0.3) is 0 Å². The summed E-state index contributed by atoms with van der Waals surface area (Å²) in [5.41, 5.74) is 1.84. The molecule has 2 N–H and O–H groups in total. The van der Waals surface area contributed by atoms with Crippen molar-refractivity contribution in [2.45, 2.75) is 32.4 Å². The molecule has 3 aromatic carbocycles. The summed E-state index contributed by atoms with van der Waals surface area (Å²) in [6.07, 6.45) is -0.377. The molecule has 218 valence electrons. The smallest absolute Gasteiger partial charge is 0.221 e. The second kappa shape index (κ2) is 13.8. The van der Waals surface area contributed by atoms with Gasteiger partial charge in [-0.15, -0.1) is 0 Å². The molecule has 1 unspecified atom stereocenters. The third kappa shape index (κ3) is 7.68. The largest absolute Gasteiger partial charge is 0.493 e. The zero-order valence-electron chi connectivity index (χ0n) is 23.1. The van der Waals surface area contributed by atoms with Crippen LogP contribution in [-0.4, -0.2) is 37.2 Å². The molecule has 10 heteroatoms. The minimum Gasteiger partial charge on any atom is -0.493 e. The van der Waals surface area contributed by atoms with Crippen LogP contribution in [0.25, 0.3) is 16.5 Å². The normalized spacial score (nSPS) is 11.7. The Kier molecular flexibility index (Phi) is 10.2. The third-order valence-corrected chi connectivity index (χ3v) is 7.27. The molecule has 1 heterocycles. The number of ketones is 2. The lowest BCUT2D eigenvalue weighted by Crippen LogP contribution is -2.45. The van der Waals surface area contributed by atoms with Crippen LogP contribution in [-0.2, 0) is 16.1 Å². The molecule has 42 heavy (non-hydrogen) atoms. The lowest BCUT2D eigenvalue weighted by Gasteiger charge is -2.21. The molecule has 0 aliphatic carbocycles. The van der Waals surface area contributed by atoms with E-state index in [2.05, 4.69) is 39.8 Å². The summed E-state index contributed by atoms with van der Waals surface area (Å²) in [6, 6.07) is 14.2. The SMILES string of the molecule is C=C(c1cc(F)cc(F)c1)C(NC(=O)CCC(=O)c1ccc(OC)c2oc(C)cc12)C(=O)CNCc1cccc(I)c1. The lowest BCUT2D eigenvalue weighted by molar-refractivity contribution is -0.126. The molecule has 0 saturated carbocycles. The highest BCUT2D eigenvalue weighted by molar-refractivity contribution is 14.1. The van der Waals surface area contributed by atoms with E-state index in [4.69, 9.17) is 9.15 Å². The highest BCUT2D eigenvalue weighted by atomic mass is 127. The minimum atomic E-state index is -1.28. The van der Waals surface area contributed by atoms with E-state index in [1.807, 2.05) is 24.3 Å². The fourth-order valence-corrected chi connectivity index (χ4v) is 5.18. The van der Waals surface area contributed by atoms with E-state index in [-0.39, 0.29) is 36.3 Å². The van der Waals surface area contributed by atoms with Crippen LogP contribution in [0.5, 0.6) is 5.75 Å². The molecular formula is C32H29F2IN2O5. The van der Waals surface area contributed by atoms with Gasteiger partial charge in [-0.05, 0) is 88.7 Å². The van der Waals surface area contributed by atoms with Crippen LogP contribution in [0.4, 0.5) is 8.78 Å². The maximum absolute atomic E-state index is 14.0. The maximum atomic E-state index is 14.0. The van der Waals surface area contributed by atoms with Gasteiger partial charge < -0.3 is 19.8 Å². The number of fused-ring (bicyclic) bond motifs is 1. The Morgan fingerprint density at radius 2 is 1.76 bits per heavy atom. The quantitative estimate of drug-likeness (QED) is 0.129. The van der Waals surface area contributed by atoms with Crippen LogP contribution in [0.2, 0.25) is 0 Å². The zero-order chi connectivity index (χ0) is 30.4. The molecule has 1 amide bonds. The fourth-order valence-electron chi connectivity index (χ4n) is 4.57. The summed E-state index contributed by atoms with van der Waals surface area (Å²) >= 11 is 2.19. The number of rotatable bonds is 13. The molecule has 4 rings (SSSR count). The molecule has 0 saturated heterocycles. The highest BCUT2D eigenvalue weighted by Gasteiger charge is 2.26. The van der Waals surface area contributed by atoms with Gasteiger partial charge in [0.15, 0.2) is 22.9 Å². The van der Waals surface area contributed by atoms with Crippen molar-refractivity contribution in [2.24, 2.45) is 0 Å². The van der Waals surface area contributed by atoms with Gasteiger partial charge in [-0.25, -0.2) is 8.78 Å². The molecule has 1 atom stereocenters. The van der Waals surface area contributed by atoms with Crippen molar-refractivity contribution in [2.75, 3.05) is 13.7 Å². The molecule has 0 radical (unpaired) electrons. The third-order valence-electron chi connectivity index (χ3n) is 6.60. The topological polar surface area (TPSA) is 97.6 Å². The molecule has 7 nitrogen and oxygen atoms in total. The molecule has 0 aliphatic rings. The second-order valence-electron chi connectivity index (χ2n) is 9.72. The van der Waals surface area contributed by atoms with E-state index in [0.29, 0.717) is 40.7 Å². The van der Waals surface area contributed by atoms with Gasteiger partial charge in [0.2, 0.25) is 5.91 Å². The first-order valence-corrected chi connectivity index (χ1v) is 14.2. The number of furan rings is 1. The van der Waals surface area contributed by atoms with E-state index in [9.17, 15) is 23.2 Å². The van der Waals surface area contributed by atoms with Gasteiger partial charge in [0, 0.05) is 40.0 Å². The van der Waals surface area contributed by atoms with Crippen molar-refractivity contribution < 1.29 is 32.3 Å². The summed E-state index contributed by atoms with van der Waals surface area (Å²) in [4.78, 5) is 39.4. The average molecular weight is 686 g/mol. The molecule has 0 aliphatic heterocycles. The number of Topliss-reactive ketones (excluding diaryl/α,β-unsaturated/α-hetero) is 2. The number of benzene rings is 3. The number of nitrogens with one attached hydrogen (secondary N) is 2. The molecular weight excluding hydrogens is 657 g/mol. The predicted molar refractivity (Wildman–Crippen MR) is 164 cm³/mol. The van der Waals surface area contributed by atoms with E-state index >= 15 is 0 Å². The number of amides is 1. The summed E-state index contributed by atoms with van der Waals surface area (Å²) in [6.45, 7) is 5.87. The first-order valence-electron chi connectivity index (χ1n) is 13.1. The van der Waals surface area contributed by atoms with Crippen LogP contribution in [0.1, 0.15) is 40.1 Å². The van der Waals surface area contributed by atoms with Gasteiger partial charge in [0.1, 0.15) is 23.4 Å². The van der Waals surface area contributed by atoms with Gasteiger partial charge in [-0.2, -0.15) is 0 Å². The predicted octanol–water partition coefficient (Wildman–Crippen LogP) is 6.15. The van der Waals surface area contributed by atoms with Crippen molar-refractivity contribution in [3.8, 4) is 5.75 Å². The van der Waals surface area contributed by atoms with Crippen LogP contribution in [0, 0.1) is 22.1 Å². The Labute approximate surface area is 255 Å². The van der Waals surface area contributed by atoms with Crippen LogP contribution < -0.4 is 15.4 Å². The lowest BCUT2D eigenvalue weighted by atomic mass is 9.96. The minimum absolute atomic E-state index is 0.0277. The molecule has 0 fully saturated rings. The number of hydrogen-bond donors (Lipinski definition) is 2. The number of carbonyl (C=O) groups is 3. The number of halogens is 3. The van der Waals surface area contributed by atoms with Gasteiger partial charge >= 0.3 is 0 Å². The van der Waals surface area contributed by atoms with E-state index < -0.39 is 29.4 Å². The summed E-state index contributed by atoms with van der Waals surface area (Å²) < 4.78 is 39.9.